The summed E-state index contributed by atoms with van der Waals surface area (Å²) in [5.41, 5.74) is 1.69. The smallest absolute Gasteiger partial charge is 0.263 e. The number of thiazole rings is 1. The first-order valence-electron chi connectivity index (χ1n) is 11.8. The van der Waals surface area contributed by atoms with E-state index < -0.39 is 10.0 Å². The van der Waals surface area contributed by atoms with E-state index in [9.17, 15) is 17.6 Å². The molecule has 36 heavy (non-hydrogen) atoms. The normalized spacial score (nSPS) is 19.6. The van der Waals surface area contributed by atoms with E-state index in [1.165, 1.54) is 41.8 Å². The molecule has 11 heteroatoms. The number of carbonyl (C=O) groups is 1. The van der Waals surface area contributed by atoms with Gasteiger partial charge in [-0.2, -0.15) is 0 Å². The molecule has 194 valence electrons. The minimum Gasteiger partial charge on any atom is -0.496 e. The molecule has 3 heterocycles. The molecule has 0 saturated carbocycles. The number of benzene rings is 2. The van der Waals surface area contributed by atoms with Gasteiger partial charge in [0.1, 0.15) is 11.6 Å². The molecule has 0 aliphatic carbocycles. The number of halogens is 1. The van der Waals surface area contributed by atoms with Crippen LogP contribution in [0.25, 0.3) is 0 Å². The standard InChI is InChI=1S/C25H27FN4O4S2.2H2/c1-34-23-16-18(26)2-7-21(23)17-8-12-29(13-9-17)22-10-14-30(24(22)31)19-3-5-20(6-4-19)36(32,33)28-25-27-11-15-35-25;;/h2-7,11,15-17,22H,8-10,12-14H2,1H3,(H,27,28);2*1H/t22-;;/m0../s1. The molecule has 2 aromatic carbocycles. The summed E-state index contributed by atoms with van der Waals surface area (Å²) in [6, 6.07) is 10.8. The minimum atomic E-state index is -3.74. The number of piperidine rings is 1. The van der Waals surface area contributed by atoms with Gasteiger partial charge in [-0.1, -0.05) is 6.07 Å². The lowest BCUT2D eigenvalue weighted by atomic mass is 9.88. The zero-order chi connectivity index (χ0) is 25.3. The number of rotatable bonds is 7. The SMILES string of the molecule is COc1cc(F)ccc1C1CCN([C@H]2CCN(c3ccc(S(=O)(=O)Nc4nccs4)cc3)C2=O)CC1.[HH].[HH]. The number of nitrogens with one attached hydrogen (secondary N) is 1. The quantitative estimate of drug-likeness (QED) is 0.478. The molecular formula is C25H31FN4O4S2. The number of carbonyl (C=O) groups excluding carboxylic acids is 1. The number of ether oxygens (including phenoxy) is 1. The van der Waals surface area contributed by atoms with Crippen LogP contribution in [0, 0.1) is 5.82 Å². The number of amides is 1. The molecule has 2 aliphatic heterocycles. The molecule has 1 aromatic heterocycles. The maximum Gasteiger partial charge on any atom is 0.263 e. The van der Waals surface area contributed by atoms with Gasteiger partial charge < -0.3 is 9.64 Å². The number of aromatic nitrogens is 1. The second-order valence-electron chi connectivity index (χ2n) is 8.93. The second-order valence-corrected chi connectivity index (χ2v) is 11.5. The first kappa shape index (κ1) is 24.7. The van der Waals surface area contributed by atoms with E-state index in [1.807, 2.05) is 0 Å². The van der Waals surface area contributed by atoms with Crippen LogP contribution in [0.2, 0.25) is 0 Å². The average molecular weight is 535 g/mol. The van der Waals surface area contributed by atoms with Crippen molar-refractivity contribution in [3.8, 4) is 5.75 Å². The lowest BCUT2D eigenvalue weighted by molar-refractivity contribution is -0.122. The third-order valence-electron chi connectivity index (χ3n) is 6.90. The predicted octanol–water partition coefficient (Wildman–Crippen LogP) is 4.57. The first-order chi connectivity index (χ1) is 17.4. The van der Waals surface area contributed by atoms with Crippen LogP contribution in [0.1, 0.15) is 33.6 Å². The molecule has 2 fully saturated rings. The maximum absolute atomic E-state index is 13.6. The molecule has 1 amide bonds. The highest BCUT2D eigenvalue weighted by atomic mass is 32.2. The third kappa shape index (κ3) is 4.95. The van der Waals surface area contributed by atoms with Gasteiger partial charge in [0.05, 0.1) is 18.0 Å². The number of anilines is 2. The van der Waals surface area contributed by atoms with Gasteiger partial charge in [0, 0.05) is 32.7 Å². The molecule has 0 unspecified atom stereocenters. The summed E-state index contributed by atoms with van der Waals surface area (Å²) >= 11 is 1.20. The van der Waals surface area contributed by atoms with Crippen LogP contribution in [-0.2, 0) is 14.8 Å². The second kappa shape index (κ2) is 10.2. The van der Waals surface area contributed by atoms with E-state index in [0.29, 0.717) is 23.1 Å². The molecule has 1 N–H and O–H groups in total. The lowest BCUT2D eigenvalue weighted by Gasteiger charge is -2.35. The minimum absolute atomic E-state index is 0. The monoisotopic (exact) mass is 534 g/mol. The number of methoxy groups -OCH3 is 1. The van der Waals surface area contributed by atoms with Crippen molar-refractivity contribution < 1.29 is 25.2 Å². The van der Waals surface area contributed by atoms with Crippen molar-refractivity contribution in [1.29, 1.82) is 0 Å². The Morgan fingerprint density at radius 2 is 1.86 bits per heavy atom. The van der Waals surface area contributed by atoms with Crippen LogP contribution < -0.4 is 14.4 Å². The van der Waals surface area contributed by atoms with Gasteiger partial charge in [0.25, 0.3) is 10.0 Å². The highest BCUT2D eigenvalue weighted by molar-refractivity contribution is 7.93. The first-order valence-corrected chi connectivity index (χ1v) is 14.1. The lowest BCUT2D eigenvalue weighted by Crippen LogP contribution is -2.45. The van der Waals surface area contributed by atoms with Crippen molar-refractivity contribution in [2.45, 2.75) is 36.1 Å². The van der Waals surface area contributed by atoms with Gasteiger partial charge in [-0.05, 0) is 74.2 Å². The molecule has 5 rings (SSSR count). The fourth-order valence-electron chi connectivity index (χ4n) is 5.06. The van der Waals surface area contributed by atoms with E-state index >= 15 is 0 Å². The fraction of sp³-hybridized carbons (Fsp3) is 0.360. The summed E-state index contributed by atoms with van der Waals surface area (Å²) in [6.45, 7) is 2.13. The molecule has 3 aromatic rings. The maximum atomic E-state index is 13.6. The Morgan fingerprint density at radius 1 is 1.11 bits per heavy atom. The topological polar surface area (TPSA) is 91.8 Å². The zero-order valence-electron chi connectivity index (χ0n) is 19.8. The molecule has 1 atom stereocenters. The molecule has 2 saturated heterocycles. The average Bonchev–Trinajstić information content (AvgIpc) is 3.53. The van der Waals surface area contributed by atoms with Gasteiger partial charge >= 0.3 is 0 Å². The van der Waals surface area contributed by atoms with Crippen molar-refractivity contribution >= 4 is 38.1 Å². The summed E-state index contributed by atoms with van der Waals surface area (Å²) in [5.74, 6) is 0.552. The van der Waals surface area contributed by atoms with Crippen LogP contribution in [0.15, 0.2) is 58.9 Å². The number of nitrogens with zero attached hydrogens (tertiary/aromatic N) is 3. The molecular weight excluding hydrogens is 503 g/mol. The molecule has 2 aliphatic rings. The Labute approximate surface area is 216 Å². The summed E-state index contributed by atoms with van der Waals surface area (Å²) in [7, 11) is -2.19. The van der Waals surface area contributed by atoms with Crippen LogP contribution in [0.5, 0.6) is 5.75 Å². The molecule has 8 nitrogen and oxygen atoms in total. The van der Waals surface area contributed by atoms with E-state index in [0.717, 1.165) is 37.9 Å². The van der Waals surface area contributed by atoms with Gasteiger partial charge in [0.2, 0.25) is 5.91 Å². The van der Waals surface area contributed by atoms with Crippen LogP contribution in [0.3, 0.4) is 0 Å². The van der Waals surface area contributed by atoms with Crippen LogP contribution in [-0.4, -0.2) is 57.0 Å². The fourth-order valence-corrected chi connectivity index (χ4v) is 6.85. The van der Waals surface area contributed by atoms with Crippen molar-refractivity contribution in [3.63, 3.8) is 0 Å². The van der Waals surface area contributed by atoms with Gasteiger partial charge in [-0.15, -0.1) is 11.3 Å². The van der Waals surface area contributed by atoms with Crippen molar-refractivity contribution in [3.05, 3.63) is 65.4 Å². The van der Waals surface area contributed by atoms with Crippen molar-refractivity contribution in [2.75, 3.05) is 36.4 Å². The van der Waals surface area contributed by atoms with Gasteiger partial charge in [-0.3, -0.25) is 14.4 Å². The van der Waals surface area contributed by atoms with Crippen LogP contribution in [0.4, 0.5) is 15.2 Å². The summed E-state index contributed by atoms with van der Waals surface area (Å²) in [5, 5.41) is 2.00. The largest absolute Gasteiger partial charge is 0.496 e. The number of hydrogen-bond donors (Lipinski definition) is 1. The molecule has 0 bridgehead atoms. The third-order valence-corrected chi connectivity index (χ3v) is 9.07. The zero-order valence-corrected chi connectivity index (χ0v) is 21.4. The van der Waals surface area contributed by atoms with E-state index in [4.69, 9.17) is 4.74 Å². The Balaban J connectivity index is 0.00000200. The van der Waals surface area contributed by atoms with Crippen LogP contribution >= 0.6 is 11.3 Å². The summed E-state index contributed by atoms with van der Waals surface area (Å²) < 4.78 is 46.6. The van der Waals surface area contributed by atoms with E-state index in [-0.39, 0.29) is 31.4 Å². The number of hydrogen-bond acceptors (Lipinski definition) is 7. The van der Waals surface area contributed by atoms with Crippen molar-refractivity contribution in [2.24, 2.45) is 0 Å². The highest BCUT2D eigenvalue weighted by Gasteiger charge is 2.38. The Hall–Kier alpha value is -3.02. The highest BCUT2D eigenvalue weighted by Crippen LogP contribution is 2.36. The van der Waals surface area contributed by atoms with Gasteiger partial charge in [0.15, 0.2) is 5.13 Å². The summed E-state index contributed by atoms with van der Waals surface area (Å²) in [4.78, 5) is 21.3. The molecule has 0 spiro atoms. The number of sulfonamides is 1. The Kier molecular flexibility index (Phi) is 6.96. The van der Waals surface area contributed by atoms with Crippen molar-refractivity contribution in [1.82, 2.24) is 9.88 Å². The summed E-state index contributed by atoms with van der Waals surface area (Å²) in [6.07, 6.45) is 3.98. The number of likely N-dealkylation sites (tertiary alicyclic amines) is 1. The molecule has 0 radical (unpaired) electrons. The van der Waals surface area contributed by atoms with Gasteiger partial charge in [-0.25, -0.2) is 17.8 Å². The Morgan fingerprint density at radius 3 is 2.53 bits per heavy atom. The van der Waals surface area contributed by atoms with E-state index in [2.05, 4.69) is 14.6 Å². The Bertz CT molecular complexity index is 1340. The predicted molar refractivity (Wildman–Crippen MR) is 141 cm³/mol. The van der Waals surface area contributed by atoms with E-state index in [1.54, 1.807) is 35.6 Å².